The van der Waals surface area contributed by atoms with Gasteiger partial charge in [-0.25, -0.2) is 0 Å². The second kappa shape index (κ2) is 11.6. The highest BCUT2D eigenvalue weighted by molar-refractivity contribution is 6.14. The number of para-hydroxylation sites is 2. The van der Waals surface area contributed by atoms with Gasteiger partial charge in [-0.3, -0.25) is 0 Å². The molecule has 2 nitrogen and oxygen atoms in total. The minimum Gasteiger partial charge on any atom is -0.313 e. The van der Waals surface area contributed by atoms with E-state index in [2.05, 4.69) is 167 Å². The van der Waals surface area contributed by atoms with Crippen LogP contribution < -0.4 is 0 Å². The summed E-state index contributed by atoms with van der Waals surface area (Å²) in [5.41, 5.74) is 23.9. The van der Waals surface area contributed by atoms with Crippen molar-refractivity contribution in [2.45, 2.75) is 38.5 Å². The van der Waals surface area contributed by atoms with Crippen LogP contribution in [-0.4, -0.2) is 9.13 Å². The van der Waals surface area contributed by atoms with Crippen LogP contribution in [0.1, 0.15) is 45.5 Å². The van der Waals surface area contributed by atoms with Crippen LogP contribution in [0.15, 0.2) is 152 Å². The zero-order chi connectivity index (χ0) is 35.3. The Labute approximate surface area is 315 Å². The maximum atomic E-state index is 2.64. The van der Waals surface area contributed by atoms with Gasteiger partial charge >= 0.3 is 0 Å². The predicted octanol–water partition coefficient (Wildman–Crippen LogP) is 12.7. The maximum absolute atomic E-state index is 2.64. The number of aryl methyl sites for hydroxylation is 4. The minimum atomic E-state index is 1.02. The fraction of sp³-hybridized carbons (Fsp3) is 0.115. The first-order valence-electron chi connectivity index (χ1n) is 19.6. The standard InChI is InChI=1S/C52H38N2/c1-5-13-33(14-6-1)35-23-27-47-43(29-35)45-31-37-21-22-38-32-46-44-30-36(34-15-7-2-8-16-34)24-28-48(44)54(40-19-11-4-12-20-40)52(46)42-26-25-41(49(37)50(38)42)51(45)53(47)39-17-9-3-10-18-39/h1-20,23,27,29-32H,21-22,24-26,28H2. The van der Waals surface area contributed by atoms with E-state index in [4.69, 9.17) is 0 Å². The second-order valence-corrected chi connectivity index (χ2v) is 15.4. The molecule has 54 heavy (non-hydrogen) atoms. The molecule has 2 heterocycles. The van der Waals surface area contributed by atoms with Gasteiger partial charge in [0.2, 0.25) is 0 Å². The van der Waals surface area contributed by atoms with Gasteiger partial charge in [0, 0.05) is 38.8 Å². The Kier molecular flexibility index (Phi) is 6.45. The Hall–Kier alpha value is -6.38. The summed E-state index contributed by atoms with van der Waals surface area (Å²) in [4.78, 5) is 0. The van der Waals surface area contributed by atoms with E-state index < -0.39 is 0 Å². The zero-order valence-corrected chi connectivity index (χ0v) is 30.1. The molecule has 0 spiro atoms. The van der Waals surface area contributed by atoms with Crippen LogP contribution >= 0.6 is 0 Å². The molecule has 0 aliphatic heterocycles. The van der Waals surface area contributed by atoms with Crippen LogP contribution in [0.3, 0.4) is 0 Å². The quantitative estimate of drug-likeness (QED) is 0.174. The highest BCUT2D eigenvalue weighted by atomic mass is 15.0. The predicted molar refractivity (Wildman–Crippen MR) is 226 cm³/mol. The summed E-state index contributed by atoms with van der Waals surface area (Å²) in [5, 5.41) is 4.15. The van der Waals surface area contributed by atoms with E-state index in [9.17, 15) is 0 Å². The number of nitrogens with zero attached hydrogens (tertiary/aromatic N) is 2. The molecule has 0 saturated heterocycles. The van der Waals surface area contributed by atoms with Crippen molar-refractivity contribution in [2.24, 2.45) is 0 Å². The molecule has 0 saturated carbocycles. The van der Waals surface area contributed by atoms with Gasteiger partial charge in [0.25, 0.3) is 0 Å². The molecule has 0 unspecified atom stereocenters. The molecule has 2 heteroatoms. The average molecular weight is 691 g/mol. The summed E-state index contributed by atoms with van der Waals surface area (Å²) in [7, 11) is 0. The van der Waals surface area contributed by atoms with Gasteiger partial charge < -0.3 is 9.13 Å². The molecule has 256 valence electrons. The molecule has 0 amide bonds. The molecule has 2 aromatic heterocycles. The molecule has 0 bridgehead atoms. The lowest BCUT2D eigenvalue weighted by atomic mass is 9.73. The summed E-state index contributed by atoms with van der Waals surface area (Å²) in [6, 6.07) is 56.3. The smallest absolute Gasteiger partial charge is 0.0579 e. The van der Waals surface area contributed by atoms with Crippen molar-refractivity contribution < 1.29 is 0 Å². The van der Waals surface area contributed by atoms with E-state index in [1.807, 2.05) is 0 Å². The first-order chi connectivity index (χ1) is 26.8. The fourth-order valence-corrected chi connectivity index (χ4v) is 10.3. The van der Waals surface area contributed by atoms with E-state index in [1.54, 1.807) is 0 Å². The molecule has 3 aliphatic carbocycles. The lowest BCUT2D eigenvalue weighted by molar-refractivity contribution is 0.870. The third-order valence-corrected chi connectivity index (χ3v) is 12.6. The van der Waals surface area contributed by atoms with E-state index in [0.717, 1.165) is 38.5 Å². The molecular weight excluding hydrogens is 653 g/mol. The Morgan fingerprint density at radius 3 is 1.59 bits per heavy atom. The molecule has 7 aromatic carbocycles. The topological polar surface area (TPSA) is 9.86 Å². The number of hydrogen-bond donors (Lipinski definition) is 0. The third-order valence-electron chi connectivity index (χ3n) is 12.6. The third kappa shape index (κ3) is 4.28. The van der Waals surface area contributed by atoms with Gasteiger partial charge in [0.05, 0.1) is 16.6 Å². The van der Waals surface area contributed by atoms with Crippen molar-refractivity contribution >= 4 is 44.4 Å². The van der Waals surface area contributed by atoms with E-state index in [0.29, 0.717) is 0 Å². The van der Waals surface area contributed by atoms with Crippen molar-refractivity contribution in [3.8, 4) is 33.6 Å². The minimum absolute atomic E-state index is 1.02. The molecule has 9 aromatic rings. The van der Waals surface area contributed by atoms with Gasteiger partial charge in [-0.1, -0.05) is 103 Å². The Morgan fingerprint density at radius 2 is 0.944 bits per heavy atom. The normalized spacial score (nSPS) is 14.3. The molecule has 0 radical (unpaired) electrons. The van der Waals surface area contributed by atoms with Crippen LogP contribution in [0.25, 0.3) is 78.0 Å². The lowest BCUT2D eigenvalue weighted by Crippen LogP contribution is -2.16. The largest absolute Gasteiger partial charge is 0.313 e. The van der Waals surface area contributed by atoms with Crippen molar-refractivity contribution in [3.63, 3.8) is 0 Å². The Morgan fingerprint density at radius 1 is 0.389 bits per heavy atom. The van der Waals surface area contributed by atoms with E-state index in [-0.39, 0.29) is 0 Å². The molecular formula is C52H38N2. The first-order valence-corrected chi connectivity index (χ1v) is 19.6. The molecule has 12 rings (SSSR count). The highest BCUT2D eigenvalue weighted by Crippen LogP contribution is 2.52. The zero-order valence-electron chi connectivity index (χ0n) is 30.1. The molecule has 3 aliphatic rings. The van der Waals surface area contributed by atoms with Crippen LogP contribution in [-0.2, 0) is 32.1 Å². The monoisotopic (exact) mass is 690 g/mol. The van der Waals surface area contributed by atoms with Crippen LogP contribution in [0.2, 0.25) is 0 Å². The highest BCUT2D eigenvalue weighted by Gasteiger charge is 2.34. The summed E-state index contributed by atoms with van der Waals surface area (Å²) in [5.74, 6) is 0. The number of allylic oxidation sites excluding steroid dienone is 1. The van der Waals surface area contributed by atoms with Crippen molar-refractivity contribution in [2.75, 3.05) is 0 Å². The summed E-state index contributed by atoms with van der Waals surface area (Å²) >= 11 is 0. The van der Waals surface area contributed by atoms with Crippen molar-refractivity contribution in [1.29, 1.82) is 0 Å². The van der Waals surface area contributed by atoms with Crippen LogP contribution in [0, 0.1) is 0 Å². The van der Waals surface area contributed by atoms with Crippen molar-refractivity contribution in [3.05, 3.63) is 191 Å². The summed E-state index contributed by atoms with van der Waals surface area (Å²) < 4.78 is 5.20. The second-order valence-electron chi connectivity index (χ2n) is 15.4. The SMILES string of the molecule is C1=C(c2ccccc2)CCc2c1c1cc3c4c(c1n2-c1ccccc1)CCc1c-4c(cc2c4cc(-c5ccccc5)ccc4n(-c4ccccc4)c12)CC3. The molecule has 0 N–H and O–H groups in total. The maximum Gasteiger partial charge on any atom is 0.0579 e. The first kappa shape index (κ1) is 30.1. The average Bonchev–Trinajstić information content (AvgIpc) is 3.76. The van der Waals surface area contributed by atoms with Gasteiger partial charge in [-0.05, 0) is 149 Å². The number of hydrogen-bond acceptors (Lipinski definition) is 0. The van der Waals surface area contributed by atoms with E-state index in [1.165, 1.54) is 111 Å². The number of benzene rings is 7. The van der Waals surface area contributed by atoms with E-state index >= 15 is 0 Å². The summed E-state index contributed by atoms with van der Waals surface area (Å²) in [6.07, 6.45) is 8.80. The Balaban J connectivity index is 1.16. The number of aromatic nitrogens is 2. The van der Waals surface area contributed by atoms with Gasteiger partial charge in [0.1, 0.15) is 0 Å². The number of fused-ring (bicyclic) bond motifs is 8. The van der Waals surface area contributed by atoms with Gasteiger partial charge in [-0.2, -0.15) is 0 Å². The van der Waals surface area contributed by atoms with Gasteiger partial charge in [0.15, 0.2) is 0 Å². The van der Waals surface area contributed by atoms with Crippen LogP contribution in [0.5, 0.6) is 0 Å². The van der Waals surface area contributed by atoms with Gasteiger partial charge in [-0.15, -0.1) is 0 Å². The fourth-order valence-electron chi connectivity index (χ4n) is 10.3. The molecule has 0 fully saturated rings. The summed E-state index contributed by atoms with van der Waals surface area (Å²) in [6.45, 7) is 0. The number of rotatable bonds is 4. The lowest BCUT2D eigenvalue weighted by Gasteiger charge is -2.31. The van der Waals surface area contributed by atoms with Crippen LogP contribution in [0.4, 0.5) is 0 Å². The van der Waals surface area contributed by atoms with Crippen molar-refractivity contribution in [1.82, 2.24) is 9.13 Å². The Bertz CT molecular complexity index is 3000. The molecule has 0 atom stereocenters.